The molecule has 3 aromatic rings. The Balaban J connectivity index is 1.68. The van der Waals surface area contributed by atoms with E-state index in [2.05, 4.69) is 30.2 Å². The molecule has 25 heavy (non-hydrogen) atoms. The monoisotopic (exact) mass is 358 g/mol. The van der Waals surface area contributed by atoms with Crippen LogP contribution >= 0.6 is 0 Å². The summed E-state index contributed by atoms with van der Waals surface area (Å²) in [5.41, 5.74) is 2.38. The van der Waals surface area contributed by atoms with Gasteiger partial charge in [0.2, 0.25) is 0 Å². The fourth-order valence-corrected chi connectivity index (χ4v) is 3.81. The van der Waals surface area contributed by atoms with Crippen LogP contribution in [0.3, 0.4) is 0 Å². The van der Waals surface area contributed by atoms with Crippen LogP contribution in [0, 0.1) is 13.8 Å². The molecule has 0 radical (unpaired) electrons. The van der Waals surface area contributed by atoms with Crippen LogP contribution in [0.2, 0.25) is 0 Å². The fraction of sp³-hybridized carbons (Fsp3) is 0.188. The number of anilines is 2. The maximum Gasteiger partial charge on any atom is 0.265 e. The first-order valence-corrected chi connectivity index (χ1v) is 9.07. The molecule has 0 bridgehead atoms. The van der Waals surface area contributed by atoms with Gasteiger partial charge in [-0.15, -0.1) is 0 Å². The highest BCUT2D eigenvalue weighted by atomic mass is 32.2. The zero-order valence-electron chi connectivity index (χ0n) is 13.8. The lowest BCUT2D eigenvalue weighted by atomic mass is 10.3. The molecule has 3 aromatic heterocycles. The van der Waals surface area contributed by atoms with Crippen LogP contribution in [0.25, 0.3) is 0 Å². The predicted molar refractivity (Wildman–Crippen MR) is 94.7 cm³/mol. The third-order valence-electron chi connectivity index (χ3n) is 3.57. The molecule has 9 heteroatoms. The smallest absolute Gasteiger partial charge is 0.265 e. The van der Waals surface area contributed by atoms with Gasteiger partial charge in [-0.3, -0.25) is 14.8 Å². The number of nitrogens with one attached hydrogen (secondary N) is 3. The minimum absolute atomic E-state index is 0.160. The van der Waals surface area contributed by atoms with Gasteiger partial charge in [-0.05, 0) is 43.7 Å². The molecule has 0 aliphatic rings. The van der Waals surface area contributed by atoms with Gasteiger partial charge in [-0.1, -0.05) is 0 Å². The Morgan fingerprint density at radius 2 is 1.88 bits per heavy atom. The number of pyridine rings is 2. The summed E-state index contributed by atoms with van der Waals surface area (Å²) in [5, 5.41) is 9.75. The minimum atomic E-state index is -3.71. The molecule has 0 atom stereocenters. The van der Waals surface area contributed by atoms with Crippen LogP contribution < -0.4 is 10.0 Å². The van der Waals surface area contributed by atoms with Crippen LogP contribution in [0.1, 0.15) is 17.0 Å². The number of nitrogens with zero attached hydrogens (tertiary/aromatic N) is 3. The van der Waals surface area contributed by atoms with Crippen LogP contribution in [0.4, 0.5) is 11.5 Å². The Hall–Kier alpha value is -2.94. The maximum atomic E-state index is 12.5. The number of aryl methyl sites for hydroxylation is 2. The van der Waals surface area contributed by atoms with Crippen molar-refractivity contribution < 1.29 is 8.42 Å². The van der Waals surface area contributed by atoms with E-state index in [1.54, 1.807) is 38.4 Å². The average molecular weight is 358 g/mol. The summed E-state index contributed by atoms with van der Waals surface area (Å²) in [4.78, 5) is 8.35. The highest BCUT2D eigenvalue weighted by Crippen LogP contribution is 2.21. The number of H-pyrrole nitrogens is 1. The first kappa shape index (κ1) is 16.9. The van der Waals surface area contributed by atoms with Gasteiger partial charge >= 0.3 is 0 Å². The number of hydrogen-bond donors (Lipinski definition) is 3. The van der Waals surface area contributed by atoms with E-state index in [1.165, 1.54) is 6.20 Å². The summed E-state index contributed by atoms with van der Waals surface area (Å²) in [6.45, 7) is 3.91. The van der Waals surface area contributed by atoms with Gasteiger partial charge in [-0.2, -0.15) is 5.10 Å². The van der Waals surface area contributed by atoms with Gasteiger partial charge in [0.1, 0.15) is 10.7 Å². The molecule has 0 aliphatic carbocycles. The highest BCUT2D eigenvalue weighted by Gasteiger charge is 2.22. The van der Waals surface area contributed by atoms with Gasteiger partial charge in [0.25, 0.3) is 10.0 Å². The minimum Gasteiger partial charge on any atom is -0.366 e. The number of hydrogen-bond acceptors (Lipinski definition) is 6. The predicted octanol–water partition coefficient (Wildman–Crippen LogP) is 2.23. The van der Waals surface area contributed by atoms with Crippen molar-refractivity contribution in [2.24, 2.45) is 0 Å². The van der Waals surface area contributed by atoms with Gasteiger partial charge < -0.3 is 5.32 Å². The van der Waals surface area contributed by atoms with Crippen molar-refractivity contribution in [2.45, 2.75) is 25.3 Å². The molecular weight excluding hydrogens is 340 g/mol. The second kappa shape index (κ2) is 6.89. The van der Waals surface area contributed by atoms with E-state index in [4.69, 9.17) is 0 Å². The molecule has 0 saturated heterocycles. The second-order valence-corrected chi connectivity index (χ2v) is 7.13. The summed E-state index contributed by atoms with van der Waals surface area (Å²) in [6.07, 6.45) is 4.92. The molecule has 0 saturated carbocycles. The molecule has 0 aromatic carbocycles. The van der Waals surface area contributed by atoms with Crippen molar-refractivity contribution in [1.29, 1.82) is 0 Å². The van der Waals surface area contributed by atoms with E-state index < -0.39 is 10.0 Å². The molecule has 8 nitrogen and oxygen atoms in total. The Morgan fingerprint density at radius 1 is 1.12 bits per heavy atom. The lowest BCUT2D eigenvalue weighted by Gasteiger charge is -2.09. The number of sulfonamides is 1. The van der Waals surface area contributed by atoms with Crippen LogP contribution in [-0.4, -0.2) is 28.6 Å². The highest BCUT2D eigenvalue weighted by molar-refractivity contribution is 7.92. The first-order valence-electron chi connectivity index (χ1n) is 7.59. The largest absolute Gasteiger partial charge is 0.366 e. The number of aromatic amines is 1. The molecule has 0 unspecified atom stereocenters. The van der Waals surface area contributed by atoms with E-state index in [-0.39, 0.29) is 4.90 Å². The SMILES string of the molecule is Cc1n[nH]c(C)c1S(=O)(=O)Nc1ccc(NCc2ccncc2)nc1. The van der Waals surface area contributed by atoms with Gasteiger partial charge in [0, 0.05) is 18.9 Å². The topological polar surface area (TPSA) is 113 Å². The summed E-state index contributed by atoms with van der Waals surface area (Å²) < 4.78 is 27.5. The molecule has 3 heterocycles. The maximum absolute atomic E-state index is 12.5. The molecular formula is C16H18N6O2S. The summed E-state index contributed by atoms with van der Waals surface area (Å²) in [6, 6.07) is 7.19. The summed E-state index contributed by atoms with van der Waals surface area (Å²) in [7, 11) is -3.71. The van der Waals surface area contributed by atoms with Crippen molar-refractivity contribution >= 4 is 21.5 Å². The van der Waals surface area contributed by atoms with Gasteiger partial charge in [-0.25, -0.2) is 13.4 Å². The first-order chi connectivity index (χ1) is 12.0. The summed E-state index contributed by atoms with van der Waals surface area (Å²) in [5.74, 6) is 0.649. The van der Waals surface area contributed by atoms with Crippen molar-refractivity contribution in [2.75, 3.05) is 10.0 Å². The third kappa shape index (κ3) is 3.94. The number of aromatic nitrogens is 4. The van der Waals surface area contributed by atoms with Crippen molar-refractivity contribution in [3.63, 3.8) is 0 Å². The number of rotatable bonds is 6. The van der Waals surface area contributed by atoms with Crippen LogP contribution in [-0.2, 0) is 16.6 Å². The van der Waals surface area contributed by atoms with Crippen molar-refractivity contribution in [3.05, 3.63) is 59.8 Å². The molecule has 0 amide bonds. The van der Waals surface area contributed by atoms with E-state index >= 15 is 0 Å². The molecule has 0 aliphatic heterocycles. The van der Waals surface area contributed by atoms with Gasteiger partial charge in [0.15, 0.2) is 0 Å². The molecule has 3 N–H and O–H groups in total. The molecule has 3 rings (SSSR count). The quantitative estimate of drug-likeness (QED) is 0.623. The standard InChI is InChI=1S/C16H18N6O2S/c1-11-16(12(2)21-20-11)25(23,24)22-14-3-4-15(19-10-14)18-9-13-5-7-17-8-6-13/h3-8,10,22H,9H2,1-2H3,(H,18,19)(H,20,21). The molecule has 0 fully saturated rings. The second-order valence-electron chi connectivity index (χ2n) is 5.51. The van der Waals surface area contributed by atoms with E-state index in [0.717, 1.165) is 5.56 Å². The van der Waals surface area contributed by atoms with Crippen molar-refractivity contribution in [3.8, 4) is 0 Å². The lowest BCUT2D eigenvalue weighted by molar-refractivity contribution is 0.600. The zero-order valence-corrected chi connectivity index (χ0v) is 14.6. The lowest BCUT2D eigenvalue weighted by Crippen LogP contribution is -2.14. The van der Waals surface area contributed by atoms with E-state index in [9.17, 15) is 8.42 Å². The summed E-state index contributed by atoms with van der Waals surface area (Å²) >= 11 is 0. The van der Waals surface area contributed by atoms with Crippen molar-refractivity contribution in [1.82, 2.24) is 20.2 Å². The van der Waals surface area contributed by atoms with E-state index in [0.29, 0.717) is 29.4 Å². The van der Waals surface area contributed by atoms with Crippen LogP contribution in [0.15, 0.2) is 47.8 Å². The normalized spacial score (nSPS) is 11.3. The van der Waals surface area contributed by atoms with Crippen LogP contribution in [0.5, 0.6) is 0 Å². The molecule has 130 valence electrons. The Labute approximate surface area is 145 Å². The fourth-order valence-electron chi connectivity index (χ4n) is 2.39. The molecule has 0 spiro atoms. The average Bonchev–Trinajstić information content (AvgIpc) is 2.94. The Morgan fingerprint density at radius 3 is 2.48 bits per heavy atom. The zero-order chi connectivity index (χ0) is 17.9. The third-order valence-corrected chi connectivity index (χ3v) is 5.21. The van der Waals surface area contributed by atoms with Gasteiger partial charge in [0.05, 0.1) is 23.3 Å². The Kier molecular flexibility index (Phi) is 4.66. The van der Waals surface area contributed by atoms with E-state index in [1.807, 2.05) is 12.1 Å². The Bertz CT molecular complexity index is 933.